The topological polar surface area (TPSA) is 86.8 Å². The Morgan fingerprint density at radius 2 is 1.76 bits per heavy atom. The zero-order valence-electron chi connectivity index (χ0n) is 19.0. The number of carbonyl (C=O) groups is 2. The van der Waals surface area contributed by atoms with E-state index in [0.717, 1.165) is 5.56 Å². The summed E-state index contributed by atoms with van der Waals surface area (Å²) in [5.41, 5.74) is 1.000. The fraction of sp³-hybridized carbons (Fsp3) is 0.360. The molecule has 0 radical (unpaired) electrons. The number of piperidine rings is 1. The molecule has 2 amide bonds. The monoisotopic (exact) mass is 485 g/mol. The molecule has 1 fully saturated rings. The molecule has 2 aliphatic heterocycles. The van der Waals surface area contributed by atoms with Gasteiger partial charge in [-0.25, -0.2) is 12.8 Å². The molecule has 2 aromatic rings. The summed E-state index contributed by atoms with van der Waals surface area (Å²) < 4.78 is 41.1. The van der Waals surface area contributed by atoms with E-state index in [9.17, 15) is 22.4 Å². The van der Waals surface area contributed by atoms with Gasteiger partial charge in [0.2, 0.25) is 15.9 Å². The van der Waals surface area contributed by atoms with Crippen LogP contribution in [0.2, 0.25) is 0 Å². The average Bonchev–Trinajstić information content (AvgIpc) is 2.83. The number of likely N-dealkylation sites (N-methyl/N-ethyl adjacent to an activating group) is 1. The summed E-state index contributed by atoms with van der Waals surface area (Å²) in [5.74, 6) is -0.968. The number of amides is 2. The first-order valence-electron chi connectivity index (χ1n) is 11.3. The molecule has 0 aliphatic carbocycles. The molecule has 0 saturated carbocycles. The molecule has 2 atom stereocenters. The third-order valence-electron chi connectivity index (χ3n) is 6.42. The van der Waals surface area contributed by atoms with Gasteiger partial charge in [-0.05, 0) is 42.7 Å². The average molecular weight is 486 g/mol. The number of sulfonamides is 1. The molecule has 180 valence electrons. The minimum Gasteiger partial charge on any atom is -0.351 e. The minimum absolute atomic E-state index is 0.0352. The highest BCUT2D eigenvalue weighted by molar-refractivity contribution is 7.89. The van der Waals surface area contributed by atoms with E-state index in [1.54, 1.807) is 41.3 Å². The lowest BCUT2D eigenvalue weighted by Gasteiger charge is -2.39. The van der Waals surface area contributed by atoms with Gasteiger partial charge in [-0.15, -0.1) is 0 Å². The molecule has 7 nitrogen and oxygen atoms in total. The summed E-state index contributed by atoms with van der Waals surface area (Å²) in [6.07, 6.45) is 4.75. The van der Waals surface area contributed by atoms with E-state index in [-0.39, 0.29) is 53.7 Å². The summed E-state index contributed by atoms with van der Waals surface area (Å²) in [6, 6.07) is 12.0. The van der Waals surface area contributed by atoms with E-state index in [1.165, 1.54) is 35.6 Å². The Hall–Kier alpha value is -3.04. The van der Waals surface area contributed by atoms with Gasteiger partial charge in [0.1, 0.15) is 5.82 Å². The first-order valence-corrected chi connectivity index (χ1v) is 12.8. The molecule has 0 aromatic heterocycles. The van der Waals surface area contributed by atoms with Crippen molar-refractivity contribution in [3.63, 3.8) is 0 Å². The summed E-state index contributed by atoms with van der Waals surface area (Å²) in [7, 11) is -2.42. The maximum atomic E-state index is 13.5. The molecule has 1 saturated heterocycles. The smallest absolute Gasteiger partial charge is 0.255 e. The minimum atomic E-state index is -3.89. The zero-order valence-corrected chi connectivity index (χ0v) is 19.8. The van der Waals surface area contributed by atoms with Crippen molar-refractivity contribution >= 4 is 21.8 Å². The van der Waals surface area contributed by atoms with Crippen LogP contribution in [0.1, 0.15) is 41.1 Å². The maximum absolute atomic E-state index is 13.5. The summed E-state index contributed by atoms with van der Waals surface area (Å²) in [5, 5.41) is 3.06. The van der Waals surface area contributed by atoms with Crippen molar-refractivity contribution in [2.75, 3.05) is 26.7 Å². The van der Waals surface area contributed by atoms with Crippen LogP contribution in [0.3, 0.4) is 0 Å². The maximum Gasteiger partial charge on any atom is 0.255 e. The zero-order chi connectivity index (χ0) is 24.3. The lowest BCUT2D eigenvalue weighted by atomic mass is 9.85. The molecule has 4 rings (SSSR count). The van der Waals surface area contributed by atoms with Crippen LogP contribution in [0.25, 0.3) is 0 Å². The van der Waals surface area contributed by atoms with E-state index >= 15 is 0 Å². The molecular weight excluding hydrogens is 457 g/mol. The van der Waals surface area contributed by atoms with E-state index in [2.05, 4.69) is 5.32 Å². The van der Waals surface area contributed by atoms with E-state index < -0.39 is 15.9 Å². The van der Waals surface area contributed by atoms with Crippen LogP contribution in [0.4, 0.5) is 4.39 Å². The molecule has 34 heavy (non-hydrogen) atoms. The second-order valence-corrected chi connectivity index (χ2v) is 10.7. The van der Waals surface area contributed by atoms with Crippen LogP contribution in [0.15, 0.2) is 65.6 Å². The van der Waals surface area contributed by atoms with Gasteiger partial charge in [0, 0.05) is 39.0 Å². The fourth-order valence-electron chi connectivity index (χ4n) is 4.53. The van der Waals surface area contributed by atoms with Crippen LogP contribution < -0.4 is 5.32 Å². The quantitative estimate of drug-likeness (QED) is 0.630. The molecule has 2 aromatic carbocycles. The van der Waals surface area contributed by atoms with E-state index in [0.29, 0.717) is 19.4 Å². The van der Waals surface area contributed by atoms with Gasteiger partial charge >= 0.3 is 0 Å². The van der Waals surface area contributed by atoms with Crippen LogP contribution in [0, 0.1) is 5.82 Å². The third kappa shape index (κ3) is 5.05. The number of hydrogen-bond acceptors (Lipinski definition) is 4. The number of allylic oxidation sites excluding steroid dienone is 1. The molecule has 2 bridgehead atoms. The number of nitrogens with zero attached hydrogens (tertiary/aromatic N) is 2. The van der Waals surface area contributed by atoms with Gasteiger partial charge in [0.25, 0.3) is 5.91 Å². The molecule has 2 heterocycles. The first-order chi connectivity index (χ1) is 16.3. The number of benzene rings is 2. The Kier molecular flexibility index (Phi) is 7.13. The lowest BCUT2D eigenvalue weighted by Crippen LogP contribution is -2.53. The summed E-state index contributed by atoms with van der Waals surface area (Å²) in [6.45, 7) is 0.747. The van der Waals surface area contributed by atoms with E-state index in [4.69, 9.17) is 0 Å². The highest BCUT2D eigenvalue weighted by Crippen LogP contribution is 2.31. The standard InChI is InChI=1S/C25H28FN3O4S/c1-28-15-6-2-3-9-24(30)27-22-17-29(16-14-20(22)18-10-12-19(26)13-11-18)25(31)21-7-4-5-8-23(21)34(28,32)33/h2,4-8,10-13,20,22H,3,9,14-17H2,1H3,(H,27,30)/b6-2+/t20-,22-/m1/s1. The number of nitrogens with one attached hydrogen (secondary N) is 1. The highest BCUT2D eigenvalue weighted by Gasteiger charge is 2.35. The Morgan fingerprint density at radius 3 is 2.53 bits per heavy atom. The van der Waals surface area contributed by atoms with Gasteiger partial charge in [0.15, 0.2) is 0 Å². The normalized spacial score (nSPS) is 24.9. The SMILES string of the molecule is CN1C/C=C/CCC(=O)N[C@@H]2CN(CC[C@@H]2c2ccc(F)cc2)C(=O)c2ccccc2S1(=O)=O. The summed E-state index contributed by atoms with van der Waals surface area (Å²) in [4.78, 5) is 27.8. The third-order valence-corrected chi connectivity index (χ3v) is 8.30. The Bertz CT molecular complexity index is 1200. The van der Waals surface area contributed by atoms with Crippen molar-refractivity contribution in [1.29, 1.82) is 0 Å². The van der Waals surface area contributed by atoms with Crippen LogP contribution in [-0.4, -0.2) is 62.2 Å². The van der Waals surface area contributed by atoms with Crippen molar-refractivity contribution in [2.45, 2.75) is 36.1 Å². The molecule has 0 spiro atoms. The Balaban J connectivity index is 1.72. The first kappa shape index (κ1) is 24.1. The number of carbonyl (C=O) groups excluding carboxylic acids is 2. The van der Waals surface area contributed by atoms with Gasteiger partial charge in [0.05, 0.1) is 16.5 Å². The number of rotatable bonds is 1. The van der Waals surface area contributed by atoms with Crippen LogP contribution in [0.5, 0.6) is 0 Å². The largest absolute Gasteiger partial charge is 0.351 e. The lowest BCUT2D eigenvalue weighted by molar-refractivity contribution is -0.122. The van der Waals surface area contributed by atoms with Gasteiger partial charge in [-0.3, -0.25) is 9.59 Å². The number of halogens is 1. The van der Waals surface area contributed by atoms with Crippen LogP contribution >= 0.6 is 0 Å². The predicted molar refractivity (Wildman–Crippen MR) is 126 cm³/mol. The van der Waals surface area contributed by atoms with Crippen molar-refractivity contribution in [3.05, 3.63) is 77.6 Å². The van der Waals surface area contributed by atoms with Gasteiger partial charge in [-0.1, -0.05) is 36.4 Å². The molecule has 0 unspecified atom stereocenters. The van der Waals surface area contributed by atoms with Crippen molar-refractivity contribution in [3.8, 4) is 0 Å². The summed E-state index contributed by atoms with van der Waals surface area (Å²) >= 11 is 0. The second-order valence-electron chi connectivity index (χ2n) is 8.66. The molecule has 9 heteroatoms. The molecule has 2 aliphatic rings. The van der Waals surface area contributed by atoms with Gasteiger partial charge < -0.3 is 10.2 Å². The van der Waals surface area contributed by atoms with Gasteiger partial charge in [-0.2, -0.15) is 4.31 Å². The number of hydrogen-bond donors (Lipinski definition) is 1. The predicted octanol–water partition coefficient (Wildman–Crippen LogP) is 2.91. The highest BCUT2D eigenvalue weighted by atomic mass is 32.2. The Morgan fingerprint density at radius 1 is 1.03 bits per heavy atom. The second kappa shape index (κ2) is 10.1. The van der Waals surface area contributed by atoms with Crippen LogP contribution in [-0.2, 0) is 14.8 Å². The molecular formula is C25H28FN3O4S. The van der Waals surface area contributed by atoms with Crippen molar-refractivity contribution < 1.29 is 22.4 Å². The molecule has 1 N–H and O–H groups in total. The Labute approximate surface area is 199 Å². The van der Waals surface area contributed by atoms with Crippen molar-refractivity contribution in [2.24, 2.45) is 0 Å². The van der Waals surface area contributed by atoms with E-state index in [1.807, 2.05) is 0 Å². The van der Waals surface area contributed by atoms with Crippen molar-refractivity contribution in [1.82, 2.24) is 14.5 Å². The fourth-order valence-corrected chi connectivity index (χ4v) is 5.83. The number of fused-ring (bicyclic) bond motifs is 3.